The molecule has 0 spiro atoms. The largest absolute Gasteiger partial charge is 0.391 e. The molecular weight excluding hydrogens is 152 g/mol. The van der Waals surface area contributed by atoms with Gasteiger partial charge in [-0.3, -0.25) is 0 Å². The fraction of sp³-hybridized carbons (Fsp3) is 1.00. The summed E-state index contributed by atoms with van der Waals surface area (Å²) in [5.41, 5.74) is 0. The fourth-order valence-electron chi connectivity index (χ4n) is 1.08. The molecule has 1 aliphatic rings. The number of aliphatic hydroxyl groups excluding tert-OH is 4. The van der Waals surface area contributed by atoms with Crippen molar-refractivity contribution in [2.75, 3.05) is 0 Å². The fourth-order valence-corrected chi connectivity index (χ4v) is 1.08. The van der Waals surface area contributed by atoms with Crippen LogP contribution in [0.4, 0.5) is 0 Å². The van der Waals surface area contributed by atoms with Crippen molar-refractivity contribution in [2.45, 2.75) is 37.6 Å². The zero-order valence-corrected chi connectivity index (χ0v) is 6.08. The molecule has 1 heterocycles. The van der Waals surface area contributed by atoms with Gasteiger partial charge in [0.15, 0.2) is 6.29 Å². The molecule has 0 aliphatic carbocycles. The lowest BCUT2D eigenvalue weighted by Gasteiger charge is -2.16. The minimum atomic E-state index is -1.40. The first-order chi connectivity index (χ1) is 5.04. The van der Waals surface area contributed by atoms with Gasteiger partial charge < -0.3 is 25.2 Å². The van der Waals surface area contributed by atoms with Crippen LogP contribution in [-0.2, 0) is 4.74 Å². The predicted octanol–water partition coefficient (Wildman–Crippen LogP) is -2.19. The second-order valence-electron chi connectivity index (χ2n) is 2.71. The van der Waals surface area contributed by atoms with Crippen molar-refractivity contribution in [1.82, 2.24) is 0 Å². The van der Waals surface area contributed by atoms with Crippen LogP contribution < -0.4 is 0 Å². The van der Waals surface area contributed by atoms with E-state index in [1.165, 1.54) is 6.92 Å². The average Bonchev–Trinajstić information content (AvgIpc) is 2.17. The highest BCUT2D eigenvalue weighted by Crippen LogP contribution is 2.21. The van der Waals surface area contributed by atoms with E-state index >= 15 is 0 Å². The van der Waals surface area contributed by atoms with Crippen LogP contribution in [-0.4, -0.2) is 51.1 Å². The lowest BCUT2D eigenvalue weighted by Crippen LogP contribution is -2.37. The minimum Gasteiger partial charge on any atom is -0.391 e. The minimum absolute atomic E-state index is 0.903. The summed E-state index contributed by atoms with van der Waals surface area (Å²) < 4.78 is 4.65. The topological polar surface area (TPSA) is 90.2 Å². The van der Waals surface area contributed by atoms with Crippen molar-refractivity contribution in [1.29, 1.82) is 0 Å². The summed E-state index contributed by atoms with van der Waals surface area (Å²) in [6.45, 7) is 1.42. The van der Waals surface area contributed by atoms with E-state index in [9.17, 15) is 0 Å². The summed E-state index contributed by atoms with van der Waals surface area (Å²) >= 11 is 0. The molecule has 0 aromatic heterocycles. The van der Waals surface area contributed by atoms with Gasteiger partial charge >= 0.3 is 0 Å². The Morgan fingerprint density at radius 3 is 1.91 bits per heavy atom. The van der Waals surface area contributed by atoms with E-state index < -0.39 is 30.7 Å². The molecule has 1 fully saturated rings. The normalized spacial score (nSPS) is 47.7. The highest BCUT2D eigenvalue weighted by atomic mass is 16.6. The Balaban J connectivity index is 2.59. The van der Waals surface area contributed by atoms with Crippen molar-refractivity contribution >= 4 is 0 Å². The van der Waals surface area contributed by atoms with Crippen molar-refractivity contribution in [3.05, 3.63) is 0 Å². The Morgan fingerprint density at radius 2 is 1.73 bits per heavy atom. The molecule has 4 N–H and O–H groups in total. The molecule has 0 amide bonds. The highest BCUT2D eigenvalue weighted by molar-refractivity contribution is 4.88. The number of ether oxygens (including phenoxy) is 1. The molecule has 1 rings (SSSR count). The lowest BCUT2D eigenvalue weighted by atomic mass is 10.1. The molecular formula is C6H12O5. The number of rotatable bonds is 1. The Hall–Kier alpha value is -0.200. The molecule has 0 aromatic carbocycles. The molecule has 66 valence electrons. The van der Waals surface area contributed by atoms with Gasteiger partial charge in [0.05, 0.1) is 6.10 Å². The van der Waals surface area contributed by atoms with Gasteiger partial charge in [-0.1, -0.05) is 0 Å². The van der Waals surface area contributed by atoms with Gasteiger partial charge in [0.1, 0.15) is 18.3 Å². The molecule has 11 heavy (non-hydrogen) atoms. The number of hydrogen-bond acceptors (Lipinski definition) is 5. The second-order valence-corrected chi connectivity index (χ2v) is 2.71. The van der Waals surface area contributed by atoms with Crippen molar-refractivity contribution in [2.24, 2.45) is 0 Å². The van der Waals surface area contributed by atoms with Gasteiger partial charge in [0.2, 0.25) is 0 Å². The summed E-state index contributed by atoms with van der Waals surface area (Å²) in [6, 6.07) is 0. The van der Waals surface area contributed by atoms with E-state index in [-0.39, 0.29) is 0 Å². The van der Waals surface area contributed by atoms with Gasteiger partial charge in [-0.25, -0.2) is 0 Å². The van der Waals surface area contributed by atoms with Crippen molar-refractivity contribution < 1.29 is 25.2 Å². The average molecular weight is 164 g/mol. The van der Waals surface area contributed by atoms with Crippen LogP contribution in [0.5, 0.6) is 0 Å². The third-order valence-corrected chi connectivity index (χ3v) is 1.75. The molecule has 0 saturated carbocycles. The molecule has 1 aliphatic heterocycles. The van der Waals surface area contributed by atoms with Crippen LogP contribution in [0.3, 0.4) is 0 Å². The Bertz CT molecular complexity index is 137. The maximum Gasteiger partial charge on any atom is 0.184 e. The molecule has 5 atom stereocenters. The molecule has 0 aromatic rings. The van der Waals surface area contributed by atoms with Gasteiger partial charge in [-0.2, -0.15) is 0 Å². The highest BCUT2D eigenvalue weighted by Gasteiger charge is 2.43. The van der Waals surface area contributed by atoms with Gasteiger partial charge in [0, 0.05) is 0 Å². The summed E-state index contributed by atoms with van der Waals surface area (Å²) in [6.07, 6.45) is -5.75. The standard InChI is InChI=1S/C6H12O5/c1-2(7)5-3(8)4(9)6(10)11-5/h2-10H,1H3/t2-,3-,4+,5-,6+/m1/s1. The second kappa shape index (κ2) is 3.04. The van der Waals surface area contributed by atoms with Gasteiger partial charge in [-0.15, -0.1) is 0 Å². The van der Waals surface area contributed by atoms with Gasteiger partial charge in [-0.05, 0) is 6.92 Å². The van der Waals surface area contributed by atoms with Crippen molar-refractivity contribution in [3.8, 4) is 0 Å². The maximum absolute atomic E-state index is 9.10. The molecule has 5 heteroatoms. The van der Waals surface area contributed by atoms with E-state index in [0.717, 1.165) is 0 Å². The summed E-state index contributed by atoms with van der Waals surface area (Å²) in [4.78, 5) is 0. The van der Waals surface area contributed by atoms with E-state index in [1.54, 1.807) is 0 Å². The summed E-state index contributed by atoms with van der Waals surface area (Å²) in [7, 11) is 0. The third kappa shape index (κ3) is 1.52. The third-order valence-electron chi connectivity index (χ3n) is 1.75. The zero-order chi connectivity index (χ0) is 8.59. The van der Waals surface area contributed by atoms with Crippen LogP contribution >= 0.6 is 0 Å². The van der Waals surface area contributed by atoms with E-state index in [0.29, 0.717) is 0 Å². The molecule has 1 saturated heterocycles. The smallest absolute Gasteiger partial charge is 0.184 e. The van der Waals surface area contributed by atoms with E-state index in [1.807, 2.05) is 0 Å². The lowest BCUT2D eigenvalue weighted by molar-refractivity contribution is -0.143. The summed E-state index contributed by atoms with van der Waals surface area (Å²) in [5, 5.41) is 35.8. The maximum atomic E-state index is 9.10. The Kier molecular flexibility index (Phi) is 2.46. The Labute approximate surface area is 63.8 Å². The first-order valence-corrected chi connectivity index (χ1v) is 3.41. The first kappa shape index (κ1) is 8.89. The molecule has 5 nitrogen and oxygen atoms in total. The Morgan fingerprint density at radius 1 is 1.18 bits per heavy atom. The monoisotopic (exact) mass is 164 g/mol. The number of aliphatic hydroxyl groups is 4. The molecule has 0 bridgehead atoms. The summed E-state index contributed by atoms with van der Waals surface area (Å²) in [5.74, 6) is 0. The van der Waals surface area contributed by atoms with Gasteiger partial charge in [0.25, 0.3) is 0 Å². The molecule has 0 radical (unpaired) electrons. The quantitative estimate of drug-likeness (QED) is 0.353. The predicted molar refractivity (Wildman–Crippen MR) is 34.6 cm³/mol. The SMILES string of the molecule is C[C@@H](O)[C@H]1O[C@H](O)[C@@H](O)[C@H]1O. The van der Waals surface area contributed by atoms with Crippen LogP contribution in [0.2, 0.25) is 0 Å². The van der Waals surface area contributed by atoms with Crippen LogP contribution in [0.25, 0.3) is 0 Å². The molecule has 0 unspecified atom stereocenters. The van der Waals surface area contributed by atoms with Crippen LogP contribution in [0.15, 0.2) is 0 Å². The van der Waals surface area contributed by atoms with Crippen LogP contribution in [0, 0.1) is 0 Å². The van der Waals surface area contributed by atoms with Crippen LogP contribution in [0.1, 0.15) is 6.92 Å². The van der Waals surface area contributed by atoms with E-state index in [2.05, 4.69) is 4.74 Å². The van der Waals surface area contributed by atoms with Crippen molar-refractivity contribution in [3.63, 3.8) is 0 Å². The van der Waals surface area contributed by atoms with E-state index in [4.69, 9.17) is 20.4 Å². The number of hydrogen-bond donors (Lipinski definition) is 4. The first-order valence-electron chi connectivity index (χ1n) is 3.41. The zero-order valence-electron chi connectivity index (χ0n) is 6.08.